The fourth-order valence-corrected chi connectivity index (χ4v) is 4.18. The summed E-state index contributed by atoms with van der Waals surface area (Å²) in [6.45, 7) is 0.0984. The van der Waals surface area contributed by atoms with Crippen LogP contribution in [0.4, 0.5) is 0 Å². The molecule has 2 N–H and O–H groups in total. The van der Waals surface area contributed by atoms with Crippen LogP contribution in [-0.4, -0.2) is 51.4 Å². The van der Waals surface area contributed by atoms with E-state index in [2.05, 4.69) is 0 Å². The summed E-state index contributed by atoms with van der Waals surface area (Å²) in [6, 6.07) is 2.81. The molecule has 0 aromatic carbocycles. The molecule has 0 aliphatic carbocycles. The number of hydrogen-bond donors (Lipinski definition) is 2. The van der Waals surface area contributed by atoms with Crippen molar-refractivity contribution in [3.8, 4) is 0 Å². The van der Waals surface area contributed by atoms with Gasteiger partial charge in [-0.3, -0.25) is 4.79 Å². The third-order valence-electron chi connectivity index (χ3n) is 2.98. The Labute approximate surface area is 129 Å². The molecule has 20 heavy (non-hydrogen) atoms. The van der Waals surface area contributed by atoms with Crippen molar-refractivity contribution in [3.63, 3.8) is 0 Å². The zero-order valence-electron chi connectivity index (χ0n) is 10.5. The molecule has 1 amide bonds. The fourth-order valence-electron chi connectivity index (χ4n) is 2.07. The van der Waals surface area contributed by atoms with Gasteiger partial charge >= 0.3 is 5.97 Å². The van der Waals surface area contributed by atoms with Gasteiger partial charge in [0.05, 0.1) is 16.2 Å². The van der Waals surface area contributed by atoms with Gasteiger partial charge in [-0.1, -0.05) is 11.6 Å². The predicted molar refractivity (Wildman–Crippen MR) is 79.3 cm³/mol. The van der Waals surface area contributed by atoms with Gasteiger partial charge in [-0.05, 0) is 12.1 Å². The highest BCUT2D eigenvalue weighted by atomic mass is 35.5. The zero-order valence-corrected chi connectivity index (χ0v) is 12.9. The quantitative estimate of drug-likeness (QED) is 0.856. The van der Waals surface area contributed by atoms with Crippen molar-refractivity contribution in [2.75, 3.05) is 12.3 Å². The Morgan fingerprint density at radius 3 is 2.85 bits per heavy atom. The van der Waals surface area contributed by atoms with E-state index >= 15 is 0 Å². The number of carbonyl (C=O) groups is 2. The van der Waals surface area contributed by atoms with Crippen molar-refractivity contribution in [1.82, 2.24) is 4.90 Å². The molecule has 0 spiro atoms. The molecule has 1 aliphatic heterocycles. The van der Waals surface area contributed by atoms with Crippen LogP contribution in [0.15, 0.2) is 12.1 Å². The number of nitrogens with zero attached hydrogens (tertiary/aromatic N) is 1. The van der Waals surface area contributed by atoms with Crippen molar-refractivity contribution in [2.24, 2.45) is 0 Å². The molecule has 2 atom stereocenters. The van der Waals surface area contributed by atoms with Gasteiger partial charge in [0.15, 0.2) is 0 Å². The molecule has 110 valence electrons. The van der Waals surface area contributed by atoms with Crippen LogP contribution in [-0.2, 0) is 15.3 Å². The summed E-state index contributed by atoms with van der Waals surface area (Å²) in [5.74, 6) is -0.449. The number of aliphatic carboxylic acids is 1. The average molecular weight is 336 g/mol. The van der Waals surface area contributed by atoms with Gasteiger partial charge in [-0.15, -0.1) is 23.1 Å². The minimum Gasteiger partial charge on any atom is -0.480 e. The van der Waals surface area contributed by atoms with E-state index in [9.17, 15) is 14.7 Å². The minimum absolute atomic E-state index is 0.0984. The summed E-state index contributed by atoms with van der Waals surface area (Å²) in [4.78, 5) is 25.4. The summed E-state index contributed by atoms with van der Waals surface area (Å²) in [7, 11) is 0. The van der Waals surface area contributed by atoms with Gasteiger partial charge in [0.2, 0.25) is 5.91 Å². The van der Waals surface area contributed by atoms with Crippen LogP contribution in [0.5, 0.6) is 0 Å². The molecule has 1 fully saturated rings. The summed E-state index contributed by atoms with van der Waals surface area (Å²) in [5.41, 5.74) is 0. The first-order chi connectivity index (χ1) is 9.47. The minimum atomic E-state index is -1.06. The molecule has 2 heterocycles. The van der Waals surface area contributed by atoms with Gasteiger partial charge in [-0.25, -0.2) is 4.79 Å². The maximum Gasteiger partial charge on any atom is 0.326 e. The third-order valence-corrected chi connectivity index (χ3v) is 5.36. The molecule has 2 rings (SSSR count). The Hall–Kier alpha value is -0.760. The molecular weight excluding hydrogens is 322 g/mol. The number of β-amino-alcohol motifs (C(OH)–C–C–N with tert-alkyl or cyclic N) is 1. The number of aliphatic hydroxyl groups is 1. The monoisotopic (exact) mass is 335 g/mol. The first kappa shape index (κ1) is 15.6. The van der Waals surface area contributed by atoms with Crippen LogP contribution in [0.3, 0.4) is 0 Å². The predicted octanol–water partition coefficient (Wildman–Crippen LogP) is 1.68. The lowest BCUT2D eigenvalue weighted by Gasteiger charge is -2.20. The molecule has 0 radical (unpaired) electrons. The fraction of sp³-hybridized carbons (Fsp3) is 0.500. The Balaban J connectivity index is 1.83. The number of likely N-dealkylation sites (tertiary alicyclic amines) is 1. The van der Waals surface area contributed by atoms with Gasteiger partial charge in [0.25, 0.3) is 0 Å². The van der Waals surface area contributed by atoms with Gasteiger partial charge in [0, 0.05) is 23.6 Å². The number of hydrogen-bond acceptors (Lipinski definition) is 5. The van der Waals surface area contributed by atoms with Crippen LogP contribution >= 0.6 is 34.7 Å². The van der Waals surface area contributed by atoms with E-state index in [1.165, 1.54) is 28.0 Å². The maximum absolute atomic E-state index is 12.0. The van der Waals surface area contributed by atoms with E-state index in [4.69, 9.17) is 16.7 Å². The molecule has 1 aromatic rings. The van der Waals surface area contributed by atoms with Crippen LogP contribution < -0.4 is 0 Å². The molecule has 1 aromatic heterocycles. The van der Waals surface area contributed by atoms with Crippen molar-refractivity contribution >= 4 is 46.6 Å². The third kappa shape index (κ3) is 3.88. The highest BCUT2D eigenvalue weighted by molar-refractivity contribution is 7.99. The summed E-state index contributed by atoms with van der Waals surface area (Å²) >= 11 is 8.70. The van der Waals surface area contributed by atoms with E-state index in [1.54, 1.807) is 6.07 Å². The Morgan fingerprint density at radius 2 is 2.25 bits per heavy atom. The van der Waals surface area contributed by atoms with Crippen molar-refractivity contribution in [2.45, 2.75) is 24.3 Å². The Kier molecular flexibility index (Phi) is 5.31. The molecule has 0 unspecified atom stereocenters. The van der Waals surface area contributed by atoms with Crippen molar-refractivity contribution in [3.05, 3.63) is 21.3 Å². The largest absolute Gasteiger partial charge is 0.480 e. The zero-order chi connectivity index (χ0) is 14.7. The highest BCUT2D eigenvalue weighted by Crippen LogP contribution is 2.26. The number of carboxylic acids is 1. The topological polar surface area (TPSA) is 77.8 Å². The second-order valence-corrected chi connectivity index (χ2v) is 7.27. The SMILES string of the molecule is O=C(O)[C@@H]1C[C@@H](O)CN1C(=O)CSCc1ccc(Cl)s1. The van der Waals surface area contributed by atoms with E-state index in [0.29, 0.717) is 10.1 Å². The Bertz CT molecular complexity index is 507. The number of carbonyl (C=O) groups excluding carboxylic acids is 1. The van der Waals surface area contributed by atoms with Crippen LogP contribution in [0.1, 0.15) is 11.3 Å². The first-order valence-electron chi connectivity index (χ1n) is 5.99. The highest BCUT2D eigenvalue weighted by Gasteiger charge is 2.38. The molecular formula is C12H14ClNO4S2. The summed E-state index contributed by atoms with van der Waals surface area (Å²) < 4.78 is 0.709. The molecule has 1 aliphatic rings. The van der Waals surface area contributed by atoms with Gasteiger partial charge in [-0.2, -0.15) is 0 Å². The lowest BCUT2D eigenvalue weighted by Crippen LogP contribution is -2.41. The van der Waals surface area contributed by atoms with E-state index in [0.717, 1.165) is 4.88 Å². The average Bonchev–Trinajstić information content (AvgIpc) is 2.95. The first-order valence-corrected chi connectivity index (χ1v) is 8.34. The number of halogens is 1. The van der Waals surface area contributed by atoms with E-state index in [-0.39, 0.29) is 24.6 Å². The van der Waals surface area contributed by atoms with Crippen LogP contribution in [0.2, 0.25) is 4.34 Å². The lowest BCUT2D eigenvalue weighted by molar-refractivity contribution is -0.147. The number of amides is 1. The molecule has 1 saturated heterocycles. The molecule has 0 saturated carbocycles. The summed E-state index contributed by atoms with van der Waals surface area (Å²) in [5, 5.41) is 18.5. The second-order valence-electron chi connectivity index (χ2n) is 4.49. The number of thiophene rings is 1. The molecule has 5 nitrogen and oxygen atoms in total. The van der Waals surface area contributed by atoms with Crippen LogP contribution in [0, 0.1) is 0 Å². The number of aliphatic hydroxyl groups excluding tert-OH is 1. The standard InChI is InChI=1S/C12H14ClNO4S2/c13-10-2-1-8(20-10)5-19-6-11(16)14-4-7(15)3-9(14)12(17)18/h1-2,7,9,15H,3-6H2,(H,17,18)/t7-,9+/m1/s1. The lowest BCUT2D eigenvalue weighted by atomic mass is 10.2. The van der Waals surface area contributed by atoms with Crippen molar-refractivity contribution < 1.29 is 19.8 Å². The van der Waals surface area contributed by atoms with E-state index in [1.807, 2.05) is 6.07 Å². The maximum atomic E-state index is 12.0. The van der Waals surface area contributed by atoms with Crippen LogP contribution in [0.25, 0.3) is 0 Å². The smallest absolute Gasteiger partial charge is 0.326 e. The normalized spacial score (nSPS) is 22.2. The number of carboxylic acid groups (broad SMARTS) is 1. The molecule has 8 heteroatoms. The van der Waals surface area contributed by atoms with Gasteiger partial charge < -0.3 is 15.1 Å². The Morgan fingerprint density at radius 1 is 1.50 bits per heavy atom. The number of thioether (sulfide) groups is 1. The molecule has 0 bridgehead atoms. The van der Waals surface area contributed by atoms with Crippen molar-refractivity contribution in [1.29, 1.82) is 0 Å². The van der Waals surface area contributed by atoms with Gasteiger partial charge in [0.1, 0.15) is 6.04 Å². The van der Waals surface area contributed by atoms with E-state index < -0.39 is 18.1 Å². The number of rotatable bonds is 5. The second kappa shape index (κ2) is 6.80. The summed E-state index contributed by atoms with van der Waals surface area (Å²) in [6.07, 6.45) is -0.645.